The molecule has 0 aliphatic rings. The van der Waals surface area contributed by atoms with Crippen molar-refractivity contribution in [2.45, 2.75) is 25.7 Å². The highest BCUT2D eigenvalue weighted by Gasteiger charge is 2.20. The van der Waals surface area contributed by atoms with Gasteiger partial charge in [-0.05, 0) is 18.6 Å². The Labute approximate surface area is 109 Å². The highest BCUT2D eigenvalue weighted by molar-refractivity contribution is 7.80. The molecule has 1 nitrogen and oxygen atoms in total. The Morgan fingerprint density at radius 1 is 0.889 bits per heavy atom. The minimum Gasteiger partial charge on any atom is -0.487 e. The van der Waals surface area contributed by atoms with Crippen molar-refractivity contribution < 1.29 is 22.3 Å². The van der Waals surface area contributed by atoms with Gasteiger partial charge in [0.05, 0.1) is 6.61 Å². The first-order valence-electron chi connectivity index (χ1n) is 5.64. The quantitative estimate of drug-likeness (QED) is 0.343. The van der Waals surface area contributed by atoms with Crippen LogP contribution in [0.2, 0.25) is 0 Å². The van der Waals surface area contributed by atoms with Gasteiger partial charge in [0.2, 0.25) is 11.6 Å². The Morgan fingerprint density at radius 2 is 1.44 bits per heavy atom. The van der Waals surface area contributed by atoms with E-state index < -0.39 is 29.0 Å². The lowest BCUT2D eigenvalue weighted by Crippen LogP contribution is -2.05. The van der Waals surface area contributed by atoms with E-state index in [1.807, 2.05) is 0 Å². The van der Waals surface area contributed by atoms with Crippen LogP contribution >= 0.6 is 12.6 Å². The summed E-state index contributed by atoms with van der Waals surface area (Å²) in [4.78, 5) is 0. The molecule has 1 aromatic carbocycles. The monoisotopic (exact) mass is 282 g/mol. The molecule has 1 aromatic rings. The minimum absolute atomic E-state index is 0.0172. The predicted octanol–water partition coefficient (Wildman–Crippen LogP) is 4.11. The predicted molar refractivity (Wildman–Crippen MR) is 64.1 cm³/mol. The van der Waals surface area contributed by atoms with Crippen molar-refractivity contribution in [1.82, 2.24) is 0 Å². The molecule has 0 aliphatic carbocycles. The van der Waals surface area contributed by atoms with Gasteiger partial charge in [0.15, 0.2) is 17.4 Å². The number of halogens is 4. The molecule has 0 N–H and O–H groups in total. The summed E-state index contributed by atoms with van der Waals surface area (Å²) in [6.45, 7) is 0.0172. The molecular formula is C12H14F4OS. The van der Waals surface area contributed by atoms with E-state index in [2.05, 4.69) is 12.6 Å². The van der Waals surface area contributed by atoms with Gasteiger partial charge in [-0.1, -0.05) is 12.8 Å². The maximum atomic E-state index is 13.2. The van der Waals surface area contributed by atoms with Crippen molar-refractivity contribution >= 4 is 12.6 Å². The third-order valence-electron chi connectivity index (χ3n) is 2.37. The van der Waals surface area contributed by atoms with E-state index in [0.717, 1.165) is 25.0 Å². The Kier molecular flexibility index (Phi) is 6.32. The van der Waals surface area contributed by atoms with Crippen molar-refractivity contribution in [3.05, 3.63) is 29.3 Å². The normalized spacial score (nSPS) is 10.7. The van der Waals surface area contributed by atoms with Crippen LogP contribution in [0.5, 0.6) is 5.75 Å². The van der Waals surface area contributed by atoms with E-state index in [0.29, 0.717) is 6.42 Å². The van der Waals surface area contributed by atoms with Gasteiger partial charge in [-0.3, -0.25) is 0 Å². The Bertz CT molecular complexity index is 372. The molecular weight excluding hydrogens is 268 g/mol. The molecule has 0 unspecified atom stereocenters. The van der Waals surface area contributed by atoms with E-state index in [1.165, 1.54) is 0 Å². The molecule has 18 heavy (non-hydrogen) atoms. The third-order valence-corrected chi connectivity index (χ3v) is 2.69. The zero-order chi connectivity index (χ0) is 13.5. The SMILES string of the molecule is Fc1cc(F)c(F)c(OCCCCCCS)c1F. The van der Waals surface area contributed by atoms with Gasteiger partial charge >= 0.3 is 0 Å². The van der Waals surface area contributed by atoms with Crippen LogP contribution in [0.1, 0.15) is 25.7 Å². The number of hydrogen-bond donors (Lipinski definition) is 1. The number of benzene rings is 1. The third kappa shape index (κ3) is 4.08. The first-order chi connectivity index (χ1) is 8.57. The molecule has 6 heteroatoms. The van der Waals surface area contributed by atoms with Crippen molar-refractivity contribution in [3.8, 4) is 5.75 Å². The number of rotatable bonds is 7. The number of hydrogen-bond acceptors (Lipinski definition) is 2. The number of unbranched alkanes of at least 4 members (excludes halogenated alkanes) is 3. The largest absolute Gasteiger partial charge is 0.487 e. The Morgan fingerprint density at radius 3 is 2.00 bits per heavy atom. The van der Waals surface area contributed by atoms with Gasteiger partial charge in [-0.25, -0.2) is 8.78 Å². The molecule has 0 aliphatic heterocycles. The molecule has 0 saturated carbocycles. The zero-order valence-corrected chi connectivity index (χ0v) is 10.6. The number of ether oxygens (including phenoxy) is 1. The molecule has 0 fully saturated rings. The Balaban J connectivity index is 2.52. The topological polar surface area (TPSA) is 9.23 Å². The van der Waals surface area contributed by atoms with E-state index in [-0.39, 0.29) is 12.7 Å². The van der Waals surface area contributed by atoms with E-state index in [4.69, 9.17) is 4.74 Å². The zero-order valence-electron chi connectivity index (χ0n) is 9.69. The summed E-state index contributed by atoms with van der Waals surface area (Å²) in [5.41, 5.74) is 0. The van der Waals surface area contributed by atoms with Crippen molar-refractivity contribution in [2.24, 2.45) is 0 Å². The molecule has 0 bridgehead atoms. The average molecular weight is 282 g/mol. The van der Waals surface area contributed by atoms with Gasteiger partial charge < -0.3 is 4.74 Å². The van der Waals surface area contributed by atoms with Crippen molar-refractivity contribution in [3.63, 3.8) is 0 Å². The standard InChI is InChI=1S/C12H14F4OS/c13-8-7-9(14)11(16)12(10(8)15)17-5-3-1-2-4-6-18/h7,18H,1-6H2. The summed E-state index contributed by atoms with van der Waals surface area (Å²) >= 11 is 4.04. The second kappa shape index (κ2) is 7.51. The summed E-state index contributed by atoms with van der Waals surface area (Å²) in [7, 11) is 0. The van der Waals surface area contributed by atoms with Gasteiger partial charge in [-0.15, -0.1) is 0 Å². The van der Waals surface area contributed by atoms with Crippen LogP contribution in [0.3, 0.4) is 0 Å². The molecule has 0 amide bonds. The van der Waals surface area contributed by atoms with Gasteiger partial charge in [0.25, 0.3) is 0 Å². The smallest absolute Gasteiger partial charge is 0.203 e. The second-order valence-electron chi connectivity index (χ2n) is 3.78. The van der Waals surface area contributed by atoms with E-state index in [1.54, 1.807) is 0 Å². The number of thiol groups is 1. The molecule has 0 atom stereocenters. The summed E-state index contributed by atoms with van der Waals surface area (Å²) in [5.74, 6) is -6.12. The summed E-state index contributed by atoms with van der Waals surface area (Å²) < 4.78 is 56.7. The van der Waals surface area contributed by atoms with E-state index in [9.17, 15) is 17.6 Å². The van der Waals surface area contributed by atoms with Crippen molar-refractivity contribution in [2.75, 3.05) is 12.4 Å². The van der Waals surface area contributed by atoms with Gasteiger partial charge in [-0.2, -0.15) is 21.4 Å². The average Bonchev–Trinajstić information content (AvgIpc) is 2.35. The molecule has 0 aromatic heterocycles. The lowest BCUT2D eigenvalue weighted by atomic mass is 10.2. The highest BCUT2D eigenvalue weighted by Crippen LogP contribution is 2.26. The molecule has 0 saturated heterocycles. The fourth-order valence-electron chi connectivity index (χ4n) is 1.42. The van der Waals surface area contributed by atoms with Crippen LogP contribution in [0.25, 0.3) is 0 Å². The second-order valence-corrected chi connectivity index (χ2v) is 4.23. The van der Waals surface area contributed by atoms with Crippen LogP contribution < -0.4 is 4.74 Å². The van der Waals surface area contributed by atoms with E-state index >= 15 is 0 Å². The van der Waals surface area contributed by atoms with Gasteiger partial charge in [0.1, 0.15) is 0 Å². The molecule has 0 heterocycles. The lowest BCUT2D eigenvalue weighted by Gasteiger charge is -2.09. The maximum Gasteiger partial charge on any atom is 0.203 e. The summed E-state index contributed by atoms with van der Waals surface area (Å²) in [5, 5.41) is 0. The maximum absolute atomic E-state index is 13.2. The molecule has 1 rings (SSSR count). The van der Waals surface area contributed by atoms with Crippen LogP contribution in [-0.2, 0) is 0 Å². The first kappa shape index (κ1) is 15.1. The molecule has 0 radical (unpaired) electrons. The summed E-state index contributed by atoms with van der Waals surface area (Å²) in [6, 6.07) is 0.157. The highest BCUT2D eigenvalue weighted by atomic mass is 32.1. The first-order valence-corrected chi connectivity index (χ1v) is 6.27. The minimum atomic E-state index is -1.50. The Hall–Kier alpha value is -0.910. The fourth-order valence-corrected chi connectivity index (χ4v) is 1.64. The summed E-state index contributed by atoms with van der Waals surface area (Å²) in [6.07, 6.45) is 3.24. The van der Waals surface area contributed by atoms with Crippen LogP contribution in [0.4, 0.5) is 17.6 Å². The van der Waals surface area contributed by atoms with Gasteiger partial charge in [0, 0.05) is 6.07 Å². The van der Waals surface area contributed by atoms with Crippen LogP contribution in [-0.4, -0.2) is 12.4 Å². The van der Waals surface area contributed by atoms with Crippen LogP contribution in [0, 0.1) is 23.3 Å². The fraction of sp³-hybridized carbons (Fsp3) is 0.500. The molecule has 102 valence electrons. The van der Waals surface area contributed by atoms with Crippen molar-refractivity contribution in [1.29, 1.82) is 0 Å². The lowest BCUT2D eigenvalue weighted by molar-refractivity contribution is 0.264. The van der Waals surface area contributed by atoms with Crippen LogP contribution in [0.15, 0.2) is 6.07 Å². The molecule has 0 spiro atoms.